The summed E-state index contributed by atoms with van der Waals surface area (Å²) < 4.78 is 4.35. The van der Waals surface area contributed by atoms with Crippen LogP contribution in [0.4, 0.5) is 0 Å². The van der Waals surface area contributed by atoms with Crippen LogP contribution in [0.15, 0.2) is 152 Å². The fraction of sp³-hybridized carbons (Fsp3) is 0. The van der Waals surface area contributed by atoms with Gasteiger partial charge in [-0.05, 0) is 58.3 Å². The fourth-order valence-corrected chi connectivity index (χ4v) is 7.14. The summed E-state index contributed by atoms with van der Waals surface area (Å²) in [5.74, 6) is 0.638. The van der Waals surface area contributed by atoms with E-state index in [1.165, 1.54) is 16.5 Å². The maximum Gasteiger partial charge on any atom is 0.235 e. The van der Waals surface area contributed by atoms with Crippen molar-refractivity contribution in [2.45, 2.75) is 0 Å². The van der Waals surface area contributed by atoms with Crippen molar-refractivity contribution in [3.63, 3.8) is 0 Å². The minimum Gasteiger partial charge on any atom is -0.300 e. The molecule has 0 aliphatic carbocycles. The van der Waals surface area contributed by atoms with E-state index >= 15 is 0 Å². The van der Waals surface area contributed by atoms with Gasteiger partial charge in [0.15, 0.2) is 0 Å². The summed E-state index contributed by atoms with van der Waals surface area (Å²) in [6, 6.07) is 50.9. The van der Waals surface area contributed by atoms with Gasteiger partial charge in [-0.15, -0.1) is 0 Å². The minimum absolute atomic E-state index is 0.638. The number of fused-ring (bicyclic) bond motifs is 9. The van der Waals surface area contributed by atoms with E-state index in [0.717, 1.165) is 66.0 Å². The summed E-state index contributed by atoms with van der Waals surface area (Å²) in [6.07, 6.45) is 2.07. The van der Waals surface area contributed by atoms with Crippen molar-refractivity contribution in [3.05, 3.63) is 152 Å². The Labute approximate surface area is 263 Å². The van der Waals surface area contributed by atoms with E-state index in [1.807, 2.05) is 18.2 Å². The van der Waals surface area contributed by atoms with Crippen LogP contribution >= 0.6 is 0 Å². The number of rotatable bonds is 3. The third-order valence-corrected chi connectivity index (χ3v) is 9.17. The summed E-state index contributed by atoms with van der Waals surface area (Å²) in [5, 5.41) is 5.61. The molecule has 5 heteroatoms. The van der Waals surface area contributed by atoms with Crippen LogP contribution in [0, 0.1) is 0 Å². The van der Waals surface area contributed by atoms with E-state index in [4.69, 9.17) is 15.0 Å². The van der Waals surface area contributed by atoms with Crippen molar-refractivity contribution in [2.75, 3.05) is 0 Å². The van der Waals surface area contributed by atoms with Crippen molar-refractivity contribution in [1.82, 2.24) is 23.9 Å². The molecule has 0 fully saturated rings. The lowest BCUT2D eigenvalue weighted by Crippen LogP contribution is -2.03. The highest BCUT2D eigenvalue weighted by Gasteiger charge is 2.21. The second-order valence-corrected chi connectivity index (χ2v) is 11.7. The van der Waals surface area contributed by atoms with Crippen molar-refractivity contribution in [1.29, 1.82) is 0 Å². The van der Waals surface area contributed by atoms with Gasteiger partial charge in [0.1, 0.15) is 5.65 Å². The maximum absolute atomic E-state index is 5.42. The first kappa shape index (κ1) is 25.0. The first-order valence-electron chi connectivity index (χ1n) is 15.5. The molecule has 0 bridgehead atoms. The molecule has 0 aliphatic rings. The number of nitrogens with zero attached hydrogens (tertiary/aromatic N) is 5. The summed E-state index contributed by atoms with van der Waals surface area (Å²) in [6.45, 7) is 0. The van der Waals surface area contributed by atoms with Crippen LogP contribution in [0.2, 0.25) is 0 Å². The SMILES string of the molecule is c1ccc(-c2ccc(-c3nc(-n4c5ccccc5c5c6nc7ccccn7c6ccc54)nc4ccccc34)c3ccccc23)cc1. The maximum atomic E-state index is 5.42. The minimum atomic E-state index is 0.638. The van der Waals surface area contributed by atoms with E-state index in [0.29, 0.717) is 5.95 Å². The summed E-state index contributed by atoms with van der Waals surface area (Å²) in [5.41, 5.74) is 10.4. The molecule has 10 aromatic rings. The predicted octanol–water partition coefficient (Wildman–Crippen LogP) is 10.0. The Hall–Kier alpha value is -6.33. The number of aromatic nitrogens is 5. The van der Waals surface area contributed by atoms with Crippen molar-refractivity contribution >= 4 is 60.2 Å². The lowest BCUT2D eigenvalue weighted by atomic mass is 9.93. The summed E-state index contributed by atoms with van der Waals surface area (Å²) >= 11 is 0. The zero-order valence-corrected chi connectivity index (χ0v) is 24.7. The molecule has 4 aromatic heterocycles. The Bertz CT molecular complexity index is 2810. The van der Waals surface area contributed by atoms with Gasteiger partial charge < -0.3 is 0 Å². The second kappa shape index (κ2) is 9.58. The van der Waals surface area contributed by atoms with Gasteiger partial charge in [-0.2, -0.15) is 0 Å². The molecule has 0 spiro atoms. The van der Waals surface area contributed by atoms with Crippen LogP contribution in [0.3, 0.4) is 0 Å². The van der Waals surface area contributed by atoms with Gasteiger partial charge in [-0.3, -0.25) is 8.97 Å². The Morgan fingerprint density at radius 1 is 0.435 bits per heavy atom. The van der Waals surface area contributed by atoms with Gasteiger partial charge in [0.05, 0.1) is 33.3 Å². The molecule has 5 nitrogen and oxygen atoms in total. The Morgan fingerprint density at radius 2 is 1.11 bits per heavy atom. The average molecular weight is 588 g/mol. The second-order valence-electron chi connectivity index (χ2n) is 11.7. The molecular formula is C41H25N5. The first-order chi connectivity index (χ1) is 22.8. The third-order valence-electron chi connectivity index (χ3n) is 9.17. The lowest BCUT2D eigenvalue weighted by molar-refractivity contribution is 1.01. The fourth-order valence-electron chi connectivity index (χ4n) is 7.14. The largest absolute Gasteiger partial charge is 0.300 e. The molecule has 0 saturated carbocycles. The first-order valence-corrected chi connectivity index (χ1v) is 15.5. The number of hydrogen-bond acceptors (Lipinski definition) is 3. The van der Waals surface area contributed by atoms with Crippen LogP contribution in [0.25, 0.3) is 88.5 Å². The van der Waals surface area contributed by atoms with Gasteiger partial charge in [-0.25, -0.2) is 15.0 Å². The average Bonchev–Trinajstić information content (AvgIpc) is 3.67. The van der Waals surface area contributed by atoms with Crippen LogP contribution in [0.5, 0.6) is 0 Å². The van der Waals surface area contributed by atoms with Crippen LogP contribution in [-0.4, -0.2) is 23.9 Å². The van der Waals surface area contributed by atoms with Gasteiger partial charge in [0, 0.05) is 27.9 Å². The van der Waals surface area contributed by atoms with E-state index in [1.54, 1.807) is 0 Å². The molecule has 0 unspecified atom stereocenters. The molecule has 0 atom stereocenters. The van der Waals surface area contributed by atoms with Crippen LogP contribution in [0.1, 0.15) is 0 Å². The monoisotopic (exact) mass is 587 g/mol. The van der Waals surface area contributed by atoms with Gasteiger partial charge >= 0.3 is 0 Å². The van der Waals surface area contributed by atoms with Gasteiger partial charge in [0.2, 0.25) is 5.95 Å². The van der Waals surface area contributed by atoms with Crippen molar-refractivity contribution in [2.24, 2.45) is 0 Å². The van der Waals surface area contributed by atoms with E-state index in [2.05, 4.69) is 143 Å². The molecule has 0 saturated heterocycles. The lowest BCUT2D eigenvalue weighted by Gasteiger charge is -2.15. The number of imidazole rings is 1. The van der Waals surface area contributed by atoms with Crippen LogP contribution < -0.4 is 0 Å². The molecule has 10 rings (SSSR count). The summed E-state index contributed by atoms with van der Waals surface area (Å²) in [4.78, 5) is 15.7. The number of pyridine rings is 1. The van der Waals surface area contributed by atoms with Gasteiger partial charge in [-0.1, -0.05) is 109 Å². The normalized spacial score (nSPS) is 11.9. The molecule has 6 aromatic carbocycles. The molecule has 4 heterocycles. The van der Waals surface area contributed by atoms with Gasteiger partial charge in [0.25, 0.3) is 0 Å². The smallest absolute Gasteiger partial charge is 0.235 e. The summed E-state index contributed by atoms with van der Waals surface area (Å²) in [7, 11) is 0. The van der Waals surface area contributed by atoms with E-state index in [-0.39, 0.29) is 0 Å². The topological polar surface area (TPSA) is 48.0 Å². The van der Waals surface area contributed by atoms with E-state index < -0.39 is 0 Å². The Balaban J connectivity index is 1.29. The van der Waals surface area contributed by atoms with Crippen LogP contribution in [-0.2, 0) is 0 Å². The third kappa shape index (κ3) is 3.54. The van der Waals surface area contributed by atoms with E-state index in [9.17, 15) is 0 Å². The van der Waals surface area contributed by atoms with Crippen molar-refractivity contribution in [3.8, 4) is 28.3 Å². The zero-order valence-electron chi connectivity index (χ0n) is 24.7. The Kier molecular flexibility index (Phi) is 5.22. The molecule has 0 aliphatic heterocycles. The highest BCUT2D eigenvalue weighted by atomic mass is 15.2. The molecule has 214 valence electrons. The highest BCUT2D eigenvalue weighted by molar-refractivity contribution is 6.20. The quantitative estimate of drug-likeness (QED) is 0.207. The molecule has 46 heavy (non-hydrogen) atoms. The number of benzene rings is 6. The Morgan fingerprint density at radius 3 is 1.98 bits per heavy atom. The molecular weight excluding hydrogens is 562 g/mol. The molecule has 0 radical (unpaired) electrons. The van der Waals surface area contributed by atoms with Crippen molar-refractivity contribution < 1.29 is 0 Å². The highest BCUT2D eigenvalue weighted by Crippen LogP contribution is 2.40. The standard InChI is InChI=1S/C41H25N5/c1-2-12-26(13-3-1)27-21-22-30(29-15-5-4-14-28(27)29)39-31-16-6-8-18-33(31)42-41(44-39)46-34-19-9-7-17-32(34)38-35(46)23-24-36-40(38)43-37-20-10-11-25-45(36)37/h1-25H. The number of para-hydroxylation sites is 2. The zero-order chi connectivity index (χ0) is 30.2. The molecule has 0 N–H and O–H groups in total. The predicted molar refractivity (Wildman–Crippen MR) is 189 cm³/mol. The number of hydrogen-bond donors (Lipinski definition) is 0. The molecule has 0 amide bonds.